The summed E-state index contributed by atoms with van der Waals surface area (Å²) in [5.74, 6) is 1.41. The first kappa shape index (κ1) is 22.5. The average molecular weight is 439 g/mol. The van der Waals surface area contributed by atoms with Crippen LogP contribution in [0.4, 0.5) is 0 Å². The number of aryl methyl sites for hydroxylation is 1. The zero-order valence-corrected chi connectivity index (χ0v) is 19.3. The van der Waals surface area contributed by atoms with Crippen LogP contribution in [0.2, 0.25) is 0 Å². The monoisotopic (exact) mass is 438 g/mol. The molecule has 0 unspecified atom stereocenters. The van der Waals surface area contributed by atoms with Gasteiger partial charge in [-0.2, -0.15) is 5.10 Å². The molecule has 2 aliphatic rings. The molecule has 4 rings (SSSR count). The molecule has 1 saturated heterocycles. The molecule has 2 aromatic rings. The van der Waals surface area contributed by atoms with Crippen molar-refractivity contribution >= 4 is 11.7 Å². The van der Waals surface area contributed by atoms with Crippen LogP contribution < -0.4 is 5.69 Å². The highest BCUT2D eigenvalue weighted by Crippen LogP contribution is 2.23. The van der Waals surface area contributed by atoms with Crippen molar-refractivity contribution in [3.8, 4) is 0 Å². The van der Waals surface area contributed by atoms with Gasteiger partial charge in [0.25, 0.3) is 0 Å². The van der Waals surface area contributed by atoms with Crippen molar-refractivity contribution in [3.63, 3.8) is 0 Å². The maximum atomic E-state index is 12.9. The summed E-state index contributed by atoms with van der Waals surface area (Å²) in [5.41, 5.74) is 1.83. The Morgan fingerprint density at radius 3 is 2.44 bits per heavy atom. The van der Waals surface area contributed by atoms with E-state index in [4.69, 9.17) is 0 Å². The van der Waals surface area contributed by atoms with E-state index in [0.717, 1.165) is 43.5 Å². The predicted octanol–water partition coefficient (Wildman–Crippen LogP) is 3.09. The lowest BCUT2D eigenvalue weighted by atomic mass is 9.88. The molecule has 2 aliphatic heterocycles. The summed E-state index contributed by atoms with van der Waals surface area (Å²) < 4.78 is 3.04. The first-order valence-corrected chi connectivity index (χ1v) is 12.0. The van der Waals surface area contributed by atoms with Gasteiger partial charge in [-0.25, -0.2) is 9.48 Å². The largest absolute Gasteiger partial charge is 0.346 e. The van der Waals surface area contributed by atoms with E-state index in [2.05, 4.69) is 31.1 Å². The summed E-state index contributed by atoms with van der Waals surface area (Å²) in [5, 5.41) is 4.42. The maximum Gasteiger partial charge on any atom is 0.346 e. The number of piperidine rings is 1. The Hall–Kier alpha value is -2.70. The van der Waals surface area contributed by atoms with Crippen LogP contribution in [0.3, 0.4) is 0 Å². The van der Waals surface area contributed by atoms with Gasteiger partial charge in [-0.15, -0.1) is 0 Å². The standard InChI is InChI=1S/C25H34N4O3/c1-18(2)16-19-7-9-20(10-8-19)24(31)21-11-14-27(15-12-21)23(30)17-29-25(32)28-13-5-3-4-6-22(28)26-29/h7-10,18,21H,3-6,11-17H2,1-2H3. The second kappa shape index (κ2) is 9.84. The molecule has 1 fully saturated rings. The Kier molecular flexibility index (Phi) is 6.92. The van der Waals surface area contributed by atoms with Crippen LogP contribution in [0.25, 0.3) is 0 Å². The minimum atomic E-state index is -0.179. The Balaban J connectivity index is 1.32. The molecule has 0 spiro atoms. The number of likely N-dealkylation sites (tertiary alicyclic amines) is 1. The first-order chi connectivity index (χ1) is 15.4. The molecule has 0 radical (unpaired) electrons. The molecule has 1 amide bonds. The van der Waals surface area contributed by atoms with Crippen molar-refractivity contribution in [2.75, 3.05) is 13.1 Å². The second-order valence-corrected chi connectivity index (χ2v) is 9.63. The zero-order chi connectivity index (χ0) is 22.7. The highest BCUT2D eigenvalue weighted by atomic mass is 16.2. The topological polar surface area (TPSA) is 77.2 Å². The smallest absolute Gasteiger partial charge is 0.341 e. The fourth-order valence-electron chi connectivity index (χ4n) is 4.86. The molecule has 7 nitrogen and oxygen atoms in total. The third-order valence-electron chi connectivity index (χ3n) is 6.67. The number of ketones is 1. The summed E-state index contributed by atoms with van der Waals surface area (Å²) >= 11 is 0. The van der Waals surface area contributed by atoms with Crippen molar-refractivity contribution in [3.05, 3.63) is 51.7 Å². The minimum absolute atomic E-state index is 0.0191. The van der Waals surface area contributed by atoms with Gasteiger partial charge in [0.2, 0.25) is 5.91 Å². The summed E-state index contributed by atoms with van der Waals surface area (Å²) in [6.07, 6.45) is 6.25. The molecule has 7 heteroatoms. The summed E-state index contributed by atoms with van der Waals surface area (Å²) in [6.45, 7) is 6.13. The van der Waals surface area contributed by atoms with Crippen LogP contribution in [-0.2, 0) is 30.7 Å². The van der Waals surface area contributed by atoms with Gasteiger partial charge in [-0.05, 0) is 43.6 Å². The number of Topliss-reactive ketones (excluding diaryl/α,β-unsaturated/α-hetero) is 1. The third kappa shape index (κ3) is 5.03. The van der Waals surface area contributed by atoms with Crippen molar-refractivity contribution in [1.29, 1.82) is 0 Å². The van der Waals surface area contributed by atoms with Crippen LogP contribution in [0.1, 0.15) is 67.7 Å². The van der Waals surface area contributed by atoms with Gasteiger partial charge < -0.3 is 4.90 Å². The van der Waals surface area contributed by atoms with Gasteiger partial charge in [0.1, 0.15) is 12.4 Å². The lowest BCUT2D eigenvalue weighted by Crippen LogP contribution is -2.43. The Bertz CT molecular complexity index is 1010. The van der Waals surface area contributed by atoms with Crippen LogP contribution in [0.15, 0.2) is 29.1 Å². The summed E-state index contributed by atoms with van der Waals surface area (Å²) in [4.78, 5) is 40.1. The van der Waals surface area contributed by atoms with Gasteiger partial charge in [0.15, 0.2) is 5.78 Å². The zero-order valence-electron chi connectivity index (χ0n) is 19.3. The van der Waals surface area contributed by atoms with Crippen molar-refractivity contribution in [2.45, 2.75) is 71.9 Å². The number of carbonyl (C=O) groups excluding carboxylic acids is 2. The average Bonchev–Trinajstić information content (AvgIpc) is 2.94. The lowest BCUT2D eigenvalue weighted by Gasteiger charge is -2.31. The van der Waals surface area contributed by atoms with E-state index in [0.29, 0.717) is 38.4 Å². The fourth-order valence-corrected chi connectivity index (χ4v) is 4.86. The minimum Gasteiger partial charge on any atom is -0.341 e. The first-order valence-electron chi connectivity index (χ1n) is 12.0. The quantitative estimate of drug-likeness (QED) is 0.650. The highest BCUT2D eigenvalue weighted by Gasteiger charge is 2.29. The Labute approximate surface area is 189 Å². The van der Waals surface area contributed by atoms with Crippen molar-refractivity contribution in [1.82, 2.24) is 19.2 Å². The fraction of sp³-hybridized carbons (Fsp3) is 0.600. The van der Waals surface area contributed by atoms with E-state index in [1.54, 1.807) is 9.47 Å². The lowest BCUT2D eigenvalue weighted by molar-refractivity contribution is -0.133. The number of benzene rings is 1. The molecule has 0 aliphatic carbocycles. The summed E-state index contributed by atoms with van der Waals surface area (Å²) in [6, 6.07) is 7.98. The number of rotatable bonds is 6. The van der Waals surface area contributed by atoms with Gasteiger partial charge >= 0.3 is 5.69 Å². The number of carbonyl (C=O) groups is 2. The molecule has 32 heavy (non-hydrogen) atoms. The number of hydrogen-bond acceptors (Lipinski definition) is 4. The predicted molar refractivity (Wildman–Crippen MR) is 123 cm³/mol. The molecule has 172 valence electrons. The number of fused-ring (bicyclic) bond motifs is 1. The van der Waals surface area contributed by atoms with Crippen LogP contribution >= 0.6 is 0 Å². The van der Waals surface area contributed by atoms with E-state index in [-0.39, 0.29) is 29.8 Å². The molecule has 3 heterocycles. The third-order valence-corrected chi connectivity index (χ3v) is 6.67. The maximum absolute atomic E-state index is 12.9. The number of nitrogens with zero attached hydrogens (tertiary/aromatic N) is 4. The van der Waals surface area contributed by atoms with E-state index < -0.39 is 0 Å². The van der Waals surface area contributed by atoms with Crippen molar-refractivity contribution < 1.29 is 9.59 Å². The van der Waals surface area contributed by atoms with Crippen molar-refractivity contribution in [2.24, 2.45) is 11.8 Å². The van der Waals surface area contributed by atoms with Gasteiger partial charge in [-0.1, -0.05) is 44.5 Å². The number of hydrogen-bond donors (Lipinski definition) is 0. The van der Waals surface area contributed by atoms with E-state index in [9.17, 15) is 14.4 Å². The van der Waals surface area contributed by atoms with Crippen LogP contribution in [0.5, 0.6) is 0 Å². The Morgan fingerprint density at radius 2 is 1.75 bits per heavy atom. The molecular formula is C25H34N4O3. The van der Waals surface area contributed by atoms with E-state index >= 15 is 0 Å². The summed E-state index contributed by atoms with van der Waals surface area (Å²) in [7, 11) is 0. The number of amides is 1. The van der Waals surface area contributed by atoms with E-state index in [1.165, 1.54) is 10.2 Å². The molecule has 0 atom stereocenters. The molecule has 1 aromatic heterocycles. The number of aromatic nitrogens is 3. The second-order valence-electron chi connectivity index (χ2n) is 9.63. The molecule has 0 saturated carbocycles. The molecular weight excluding hydrogens is 404 g/mol. The molecule has 0 N–H and O–H groups in total. The van der Waals surface area contributed by atoms with Crippen LogP contribution in [-0.4, -0.2) is 44.0 Å². The van der Waals surface area contributed by atoms with Crippen LogP contribution in [0, 0.1) is 11.8 Å². The van der Waals surface area contributed by atoms with Gasteiger partial charge in [-0.3, -0.25) is 14.2 Å². The van der Waals surface area contributed by atoms with Gasteiger partial charge in [0, 0.05) is 37.5 Å². The van der Waals surface area contributed by atoms with E-state index in [1.807, 2.05) is 12.1 Å². The Morgan fingerprint density at radius 1 is 1.03 bits per heavy atom. The SMILES string of the molecule is CC(C)Cc1ccc(C(=O)C2CCN(C(=O)Cn3nc4n(c3=O)CCCCC4)CC2)cc1. The molecule has 0 bridgehead atoms. The normalized spacial score (nSPS) is 17.3. The molecule has 1 aromatic carbocycles. The van der Waals surface area contributed by atoms with Gasteiger partial charge in [0.05, 0.1) is 0 Å². The highest BCUT2D eigenvalue weighted by molar-refractivity contribution is 5.98.